The Morgan fingerprint density at radius 2 is 2.56 bits per heavy atom. The van der Waals surface area contributed by atoms with Crippen LogP contribution < -0.4 is 10.2 Å². The zero-order valence-electron chi connectivity index (χ0n) is 9.48. The lowest BCUT2D eigenvalue weighted by molar-refractivity contribution is 0.549. The Kier molecular flexibility index (Phi) is 3.37. The first-order valence-electron chi connectivity index (χ1n) is 5.60. The molecule has 4 heteroatoms. The molecule has 1 saturated heterocycles. The van der Waals surface area contributed by atoms with Crippen molar-refractivity contribution in [1.82, 2.24) is 10.3 Å². The van der Waals surface area contributed by atoms with Gasteiger partial charge in [-0.25, -0.2) is 4.98 Å². The molecule has 4 nitrogen and oxygen atoms in total. The quantitative estimate of drug-likeness (QED) is 0.819. The van der Waals surface area contributed by atoms with E-state index in [0.29, 0.717) is 11.5 Å². The van der Waals surface area contributed by atoms with E-state index in [1.54, 1.807) is 6.20 Å². The standard InChI is InChI=1S/C12H16N4/c1-14-8-10-4-6-16(9-10)12-11(7-13)3-2-5-15-12/h2-3,5,10,14H,4,6,8-9H2,1H3. The molecular formula is C12H16N4. The van der Waals surface area contributed by atoms with Crippen LogP contribution in [0.25, 0.3) is 0 Å². The van der Waals surface area contributed by atoms with E-state index in [-0.39, 0.29) is 0 Å². The van der Waals surface area contributed by atoms with Gasteiger partial charge in [0.2, 0.25) is 0 Å². The Morgan fingerprint density at radius 3 is 3.31 bits per heavy atom. The van der Waals surface area contributed by atoms with Crippen molar-refractivity contribution in [3.63, 3.8) is 0 Å². The second kappa shape index (κ2) is 4.95. The fourth-order valence-electron chi connectivity index (χ4n) is 2.22. The third-order valence-electron chi connectivity index (χ3n) is 2.99. The highest BCUT2D eigenvalue weighted by Gasteiger charge is 2.24. The van der Waals surface area contributed by atoms with Gasteiger partial charge in [0.1, 0.15) is 11.9 Å². The summed E-state index contributed by atoms with van der Waals surface area (Å²) in [5.41, 5.74) is 0.674. The molecular weight excluding hydrogens is 200 g/mol. The van der Waals surface area contributed by atoms with Crippen LogP contribution in [0.3, 0.4) is 0 Å². The Morgan fingerprint density at radius 1 is 1.69 bits per heavy atom. The molecule has 0 bridgehead atoms. The highest BCUT2D eigenvalue weighted by molar-refractivity contribution is 5.54. The minimum atomic E-state index is 0.665. The molecule has 16 heavy (non-hydrogen) atoms. The normalized spacial score (nSPS) is 19.8. The Bertz CT molecular complexity index is 396. The molecule has 1 aliphatic rings. The number of nitrogens with one attached hydrogen (secondary N) is 1. The summed E-state index contributed by atoms with van der Waals surface area (Å²) in [7, 11) is 1.98. The first-order chi connectivity index (χ1) is 7.85. The number of hydrogen-bond donors (Lipinski definition) is 1. The monoisotopic (exact) mass is 216 g/mol. The van der Waals surface area contributed by atoms with Crippen LogP contribution in [0.4, 0.5) is 5.82 Å². The number of aromatic nitrogens is 1. The predicted molar refractivity (Wildman–Crippen MR) is 63.2 cm³/mol. The van der Waals surface area contributed by atoms with Gasteiger partial charge in [-0.2, -0.15) is 5.26 Å². The van der Waals surface area contributed by atoms with Crippen LogP contribution in [0, 0.1) is 17.2 Å². The van der Waals surface area contributed by atoms with Crippen LogP contribution >= 0.6 is 0 Å². The fourth-order valence-corrected chi connectivity index (χ4v) is 2.22. The average molecular weight is 216 g/mol. The molecule has 0 aliphatic carbocycles. The predicted octanol–water partition coefficient (Wildman–Crippen LogP) is 0.999. The lowest BCUT2D eigenvalue weighted by Gasteiger charge is -2.18. The van der Waals surface area contributed by atoms with Gasteiger partial charge in [-0.15, -0.1) is 0 Å². The van der Waals surface area contributed by atoms with Gasteiger partial charge in [0.15, 0.2) is 0 Å². The molecule has 2 heterocycles. The van der Waals surface area contributed by atoms with Crippen LogP contribution in [0.5, 0.6) is 0 Å². The van der Waals surface area contributed by atoms with Gasteiger partial charge < -0.3 is 10.2 Å². The largest absolute Gasteiger partial charge is 0.355 e. The first-order valence-corrected chi connectivity index (χ1v) is 5.60. The summed E-state index contributed by atoms with van der Waals surface area (Å²) in [6.07, 6.45) is 2.92. The van der Waals surface area contributed by atoms with Gasteiger partial charge in [-0.3, -0.25) is 0 Å². The minimum Gasteiger partial charge on any atom is -0.355 e. The maximum absolute atomic E-state index is 9.02. The van der Waals surface area contributed by atoms with Gasteiger partial charge in [0.25, 0.3) is 0 Å². The van der Waals surface area contributed by atoms with Crippen LogP contribution in [-0.2, 0) is 0 Å². The van der Waals surface area contributed by atoms with Gasteiger partial charge in [0, 0.05) is 19.3 Å². The van der Waals surface area contributed by atoms with Crippen molar-refractivity contribution < 1.29 is 0 Å². The second-order valence-corrected chi connectivity index (χ2v) is 4.14. The van der Waals surface area contributed by atoms with Gasteiger partial charge >= 0.3 is 0 Å². The molecule has 1 fully saturated rings. The lowest BCUT2D eigenvalue weighted by Crippen LogP contribution is -2.25. The number of pyridine rings is 1. The number of hydrogen-bond acceptors (Lipinski definition) is 4. The molecule has 1 unspecified atom stereocenters. The van der Waals surface area contributed by atoms with E-state index < -0.39 is 0 Å². The SMILES string of the molecule is CNCC1CCN(c2ncccc2C#N)C1. The Balaban J connectivity index is 2.12. The zero-order valence-corrected chi connectivity index (χ0v) is 9.48. The first kappa shape index (κ1) is 10.9. The van der Waals surface area contributed by atoms with Gasteiger partial charge in [-0.1, -0.05) is 0 Å². The van der Waals surface area contributed by atoms with E-state index in [9.17, 15) is 0 Å². The Labute approximate surface area is 95.9 Å². The Hall–Kier alpha value is -1.60. The topological polar surface area (TPSA) is 52.0 Å². The minimum absolute atomic E-state index is 0.665. The van der Waals surface area contributed by atoms with E-state index in [4.69, 9.17) is 5.26 Å². The van der Waals surface area contributed by atoms with Gasteiger partial charge in [0.05, 0.1) is 5.56 Å². The van der Waals surface area contributed by atoms with E-state index in [2.05, 4.69) is 21.3 Å². The molecule has 0 spiro atoms. The smallest absolute Gasteiger partial charge is 0.146 e. The maximum atomic E-state index is 9.02. The van der Waals surface area contributed by atoms with E-state index in [1.807, 2.05) is 19.2 Å². The van der Waals surface area contributed by atoms with E-state index >= 15 is 0 Å². The summed E-state index contributed by atoms with van der Waals surface area (Å²) in [5.74, 6) is 1.50. The zero-order chi connectivity index (χ0) is 11.4. The summed E-state index contributed by atoms with van der Waals surface area (Å²) < 4.78 is 0. The van der Waals surface area contributed by atoms with Crippen LogP contribution in [-0.4, -0.2) is 31.7 Å². The third-order valence-corrected chi connectivity index (χ3v) is 2.99. The molecule has 84 valence electrons. The van der Waals surface area contributed by atoms with Crippen LogP contribution in [0.2, 0.25) is 0 Å². The van der Waals surface area contributed by atoms with Crippen molar-refractivity contribution in [1.29, 1.82) is 5.26 Å². The van der Waals surface area contributed by atoms with E-state index in [1.165, 1.54) is 6.42 Å². The highest BCUT2D eigenvalue weighted by Crippen LogP contribution is 2.24. The third kappa shape index (κ3) is 2.15. The average Bonchev–Trinajstić information content (AvgIpc) is 2.78. The molecule has 0 amide bonds. The number of anilines is 1. The molecule has 1 atom stereocenters. The molecule has 1 aliphatic heterocycles. The van der Waals surface area contributed by atoms with Crippen molar-refractivity contribution in [2.24, 2.45) is 5.92 Å². The molecule has 0 saturated carbocycles. The lowest BCUT2D eigenvalue weighted by atomic mass is 10.1. The highest BCUT2D eigenvalue weighted by atomic mass is 15.2. The van der Waals surface area contributed by atoms with Crippen molar-refractivity contribution in [2.45, 2.75) is 6.42 Å². The fraction of sp³-hybridized carbons (Fsp3) is 0.500. The summed E-state index contributed by atoms with van der Waals surface area (Å²) in [4.78, 5) is 6.52. The maximum Gasteiger partial charge on any atom is 0.146 e. The summed E-state index contributed by atoms with van der Waals surface area (Å²) >= 11 is 0. The van der Waals surface area contributed by atoms with Crippen molar-refractivity contribution >= 4 is 5.82 Å². The van der Waals surface area contributed by atoms with E-state index in [0.717, 1.165) is 25.5 Å². The summed E-state index contributed by atoms with van der Waals surface area (Å²) in [6.45, 7) is 3.02. The number of nitrogens with zero attached hydrogens (tertiary/aromatic N) is 3. The molecule has 1 aromatic rings. The summed E-state index contributed by atoms with van der Waals surface area (Å²) in [6, 6.07) is 5.84. The van der Waals surface area contributed by atoms with Crippen molar-refractivity contribution in [2.75, 3.05) is 31.6 Å². The molecule has 0 radical (unpaired) electrons. The van der Waals surface area contributed by atoms with Crippen LogP contribution in [0.15, 0.2) is 18.3 Å². The molecule has 1 aromatic heterocycles. The second-order valence-electron chi connectivity index (χ2n) is 4.14. The van der Waals surface area contributed by atoms with Gasteiger partial charge in [-0.05, 0) is 38.1 Å². The molecule has 1 N–H and O–H groups in total. The molecule has 0 aromatic carbocycles. The number of rotatable bonds is 3. The van der Waals surface area contributed by atoms with Crippen LogP contribution in [0.1, 0.15) is 12.0 Å². The van der Waals surface area contributed by atoms with Crippen molar-refractivity contribution in [3.05, 3.63) is 23.9 Å². The number of nitriles is 1. The van der Waals surface area contributed by atoms with Crippen molar-refractivity contribution in [3.8, 4) is 6.07 Å². The summed E-state index contributed by atoms with van der Waals surface area (Å²) in [5, 5.41) is 12.2. The molecule has 2 rings (SSSR count).